The van der Waals surface area contributed by atoms with Gasteiger partial charge in [0.15, 0.2) is 11.5 Å². The molecular weight excluding hydrogens is 432 g/mol. The Morgan fingerprint density at radius 3 is 2.53 bits per heavy atom. The molecule has 0 bridgehead atoms. The average molecular weight is 459 g/mol. The maximum Gasteiger partial charge on any atom is 0.257 e. The summed E-state index contributed by atoms with van der Waals surface area (Å²) in [5.41, 5.74) is 3.98. The molecule has 0 atom stereocenters. The van der Waals surface area contributed by atoms with Gasteiger partial charge in [-0.1, -0.05) is 12.1 Å². The molecule has 34 heavy (non-hydrogen) atoms. The van der Waals surface area contributed by atoms with Gasteiger partial charge in [-0.05, 0) is 54.4 Å². The second kappa shape index (κ2) is 10.6. The highest BCUT2D eigenvalue weighted by molar-refractivity contribution is 6.05. The largest absolute Gasteiger partial charge is 0.493 e. The van der Waals surface area contributed by atoms with Crippen molar-refractivity contribution in [2.45, 2.75) is 19.3 Å². The number of carbonyl (C=O) groups excluding carboxylic acids is 2. The van der Waals surface area contributed by atoms with Crippen LogP contribution in [-0.2, 0) is 11.2 Å². The van der Waals surface area contributed by atoms with E-state index in [1.807, 2.05) is 42.5 Å². The third kappa shape index (κ3) is 5.40. The maximum absolute atomic E-state index is 12.4. The first-order valence-corrected chi connectivity index (χ1v) is 11.0. The summed E-state index contributed by atoms with van der Waals surface area (Å²) in [7, 11) is 3.19. The van der Waals surface area contributed by atoms with Crippen LogP contribution >= 0.6 is 0 Å². The molecule has 1 aromatic heterocycles. The van der Waals surface area contributed by atoms with Crippen LogP contribution in [0.5, 0.6) is 11.5 Å². The Bertz CT molecular complexity index is 1190. The molecule has 2 heterocycles. The number of anilines is 1. The van der Waals surface area contributed by atoms with Gasteiger partial charge in [0, 0.05) is 43.0 Å². The van der Waals surface area contributed by atoms with E-state index in [1.165, 1.54) is 11.2 Å². The van der Waals surface area contributed by atoms with Gasteiger partial charge in [-0.2, -0.15) is 5.10 Å². The summed E-state index contributed by atoms with van der Waals surface area (Å²) in [4.78, 5) is 28.7. The number of hydrogen-bond acceptors (Lipinski definition) is 6. The SMILES string of the molecule is COc1ccc(C2=NN(CCc3ccc(NC(=O)c4cccnc4)cc3)C(=O)CC2)cc1OC. The maximum atomic E-state index is 12.4. The van der Waals surface area contributed by atoms with Gasteiger partial charge in [-0.3, -0.25) is 14.6 Å². The van der Waals surface area contributed by atoms with Gasteiger partial charge >= 0.3 is 0 Å². The molecule has 174 valence electrons. The van der Waals surface area contributed by atoms with Gasteiger partial charge < -0.3 is 14.8 Å². The van der Waals surface area contributed by atoms with Gasteiger partial charge in [0.1, 0.15) is 0 Å². The topological polar surface area (TPSA) is 93.1 Å². The summed E-state index contributed by atoms with van der Waals surface area (Å²) < 4.78 is 10.7. The van der Waals surface area contributed by atoms with Crippen molar-refractivity contribution in [2.24, 2.45) is 5.10 Å². The van der Waals surface area contributed by atoms with Crippen LogP contribution in [0.15, 0.2) is 72.1 Å². The highest BCUT2D eigenvalue weighted by Gasteiger charge is 2.22. The standard InChI is InChI=1S/C26H26N4O4/c1-33-23-11-7-19(16-24(23)34-2)22-10-12-25(31)30(29-22)15-13-18-5-8-21(9-6-18)28-26(32)20-4-3-14-27-17-20/h3-9,11,14,16-17H,10,12-13,15H2,1-2H3,(H,28,32). The van der Waals surface area contributed by atoms with Gasteiger partial charge in [-0.25, -0.2) is 5.01 Å². The van der Waals surface area contributed by atoms with Crippen LogP contribution in [0.25, 0.3) is 0 Å². The van der Waals surface area contributed by atoms with E-state index in [0.717, 1.165) is 16.8 Å². The lowest BCUT2D eigenvalue weighted by molar-refractivity contribution is -0.131. The van der Waals surface area contributed by atoms with Crippen molar-refractivity contribution < 1.29 is 19.1 Å². The van der Waals surface area contributed by atoms with E-state index in [4.69, 9.17) is 9.47 Å². The molecule has 0 saturated heterocycles. The Balaban J connectivity index is 1.39. The molecule has 0 fully saturated rings. The second-order valence-corrected chi connectivity index (χ2v) is 7.78. The number of nitrogens with one attached hydrogen (secondary N) is 1. The molecule has 0 saturated carbocycles. The van der Waals surface area contributed by atoms with Crippen LogP contribution in [0.1, 0.15) is 34.3 Å². The fourth-order valence-corrected chi connectivity index (χ4v) is 3.69. The first-order chi connectivity index (χ1) is 16.6. The van der Waals surface area contributed by atoms with Gasteiger partial charge in [0.25, 0.3) is 5.91 Å². The molecule has 2 amide bonds. The summed E-state index contributed by atoms with van der Waals surface area (Å²) in [6.07, 6.45) is 4.78. The number of nitrogens with zero attached hydrogens (tertiary/aromatic N) is 3. The Morgan fingerprint density at radius 2 is 1.82 bits per heavy atom. The van der Waals surface area contributed by atoms with Crippen molar-refractivity contribution in [3.63, 3.8) is 0 Å². The van der Waals surface area contributed by atoms with Crippen LogP contribution in [-0.4, -0.2) is 48.3 Å². The molecule has 8 heteroatoms. The predicted molar refractivity (Wildman–Crippen MR) is 129 cm³/mol. The van der Waals surface area contributed by atoms with Crippen LogP contribution in [0.3, 0.4) is 0 Å². The Kier molecular flexibility index (Phi) is 7.17. The number of rotatable bonds is 8. The molecule has 3 aromatic rings. The van der Waals surface area contributed by atoms with E-state index >= 15 is 0 Å². The van der Waals surface area contributed by atoms with Gasteiger partial charge in [-0.15, -0.1) is 0 Å². The Hall–Kier alpha value is -4.20. The quantitative estimate of drug-likeness (QED) is 0.552. The lowest BCUT2D eigenvalue weighted by Gasteiger charge is -2.24. The van der Waals surface area contributed by atoms with E-state index in [1.54, 1.807) is 32.5 Å². The molecule has 2 aromatic carbocycles. The lowest BCUT2D eigenvalue weighted by Crippen LogP contribution is -2.33. The van der Waals surface area contributed by atoms with Crippen LogP contribution in [0.2, 0.25) is 0 Å². The van der Waals surface area contributed by atoms with E-state index in [0.29, 0.717) is 48.6 Å². The number of hydrazone groups is 1. The van der Waals surface area contributed by atoms with Gasteiger partial charge in [0.05, 0.1) is 25.5 Å². The van der Waals surface area contributed by atoms with Crippen molar-refractivity contribution in [1.82, 2.24) is 9.99 Å². The van der Waals surface area contributed by atoms with E-state index in [2.05, 4.69) is 15.4 Å². The molecule has 0 aliphatic carbocycles. The number of pyridine rings is 1. The molecule has 0 radical (unpaired) electrons. The first-order valence-electron chi connectivity index (χ1n) is 11.0. The number of hydrogen-bond donors (Lipinski definition) is 1. The minimum atomic E-state index is -0.211. The van der Waals surface area contributed by atoms with Crippen LogP contribution in [0.4, 0.5) is 5.69 Å². The molecule has 4 rings (SSSR count). The normalized spacial score (nSPS) is 13.3. The number of carbonyl (C=O) groups is 2. The van der Waals surface area contributed by atoms with Gasteiger partial charge in [0.2, 0.25) is 5.91 Å². The zero-order valence-corrected chi connectivity index (χ0v) is 19.2. The van der Waals surface area contributed by atoms with Crippen LogP contribution in [0, 0.1) is 0 Å². The van der Waals surface area contributed by atoms with E-state index in [9.17, 15) is 9.59 Å². The number of methoxy groups -OCH3 is 2. The smallest absolute Gasteiger partial charge is 0.257 e. The van der Waals surface area contributed by atoms with E-state index in [-0.39, 0.29) is 11.8 Å². The molecule has 0 unspecified atom stereocenters. The number of amides is 2. The third-order valence-corrected chi connectivity index (χ3v) is 5.57. The molecule has 1 aliphatic heterocycles. The van der Waals surface area contributed by atoms with Crippen LogP contribution < -0.4 is 14.8 Å². The Morgan fingerprint density at radius 1 is 1.03 bits per heavy atom. The van der Waals surface area contributed by atoms with Crippen molar-refractivity contribution >= 4 is 23.2 Å². The summed E-state index contributed by atoms with van der Waals surface area (Å²) in [5, 5.41) is 9.00. The highest BCUT2D eigenvalue weighted by Crippen LogP contribution is 2.29. The minimum Gasteiger partial charge on any atom is -0.493 e. The summed E-state index contributed by atoms with van der Waals surface area (Å²) in [5.74, 6) is 1.07. The second-order valence-electron chi connectivity index (χ2n) is 7.78. The predicted octanol–water partition coefficient (Wildman–Crippen LogP) is 3.92. The first kappa shape index (κ1) is 23.0. The van der Waals surface area contributed by atoms with Crippen molar-refractivity contribution in [1.29, 1.82) is 0 Å². The number of aromatic nitrogens is 1. The summed E-state index contributed by atoms with van der Waals surface area (Å²) in [6.45, 7) is 0.469. The molecule has 8 nitrogen and oxygen atoms in total. The number of ether oxygens (including phenoxy) is 2. The number of benzene rings is 2. The molecular formula is C26H26N4O4. The zero-order valence-electron chi connectivity index (χ0n) is 19.2. The van der Waals surface area contributed by atoms with E-state index < -0.39 is 0 Å². The summed E-state index contributed by atoms with van der Waals surface area (Å²) in [6, 6.07) is 16.6. The third-order valence-electron chi connectivity index (χ3n) is 5.57. The lowest BCUT2D eigenvalue weighted by atomic mass is 10.0. The highest BCUT2D eigenvalue weighted by atomic mass is 16.5. The molecule has 1 N–H and O–H groups in total. The molecule has 0 spiro atoms. The van der Waals surface area contributed by atoms with Crippen molar-refractivity contribution in [3.8, 4) is 11.5 Å². The molecule has 1 aliphatic rings. The average Bonchev–Trinajstić information content (AvgIpc) is 2.89. The fourth-order valence-electron chi connectivity index (χ4n) is 3.69. The summed E-state index contributed by atoms with van der Waals surface area (Å²) >= 11 is 0. The zero-order chi connectivity index (χ0) is 23.9. The monoisotopic (exact) mass is 458 g/mol. The van der Waals surface area contributed by atoms with Crippen molar-refractivity contribution in [3.05, 3.63) is 83.7 Å². The Labute approximate surface area is 198 Å². The minimum absolute atomic E-state index is 0.00424. The van der Waals surface area contributed by atoms with Crippen molar-refractivity contribution in [2.75, 3.05) is 26.1 Å². The fraction of sp³-hybridized carbons (Fsp3) is 0.231.